The number of ether oxygens (including phenoxy) is 1. The van der Waals surface area contributed by atoms with Crippen LogP contribution >= 0.6 is 0 Å². The SMILES string of the molecule is COC(=O)c1cccc(S(=O)(=O)N[C@H](C)Cn2cccn2)c1. The normalized spacial score (nSPS) is 12.8. The fourth-order valence-corrected chi connectivity index (χ4v) is 3.25. The molecule has 1 N–H and O–H groups in total. The molecule has 1 heterocycles. The van der Waals surface area contributed by atoms with Crippen molar-refractivity contribution in [3.05, 3.63) is 48.3 Å². The topological polar surface area (TPSA) is 90.3 Å². The summed E-state index contributed by atoms with van der Waals surface area (Å²) in [5.74, 6) is -0.582. The van der Waals surface area contributed by atoms with Crippen LogP contribution in [-0.4, -0.2) is 37.3 Å². The van der Waals surface area contributed by atoms with Crippen LogP contribution in [0.5, 0.6) is 0 Å². The van der Waals surface area contributed by atoms with Gasteiger partial charge in [0.1, 0.15) is 0 Å². The van der Waals surface area contributed by atoms with Gasteiger partial charge in [0.25, 0.3) is 0 Å². The molecule has 0 unspecified atom stereocenters. The molecule has 0 amide bonds. The molecule has 0 aliphatic heterocycles. The molecule has 1 atom stereocenters. The van der Waals surface area contributed by atoms with Crippen LogP contribution in [-0.2, 0) is 21.3 Å². The zero-order valence-corrected chi connectivity index (χ0v) is 13.1. The minimum absolute atomic E-state index is 0.0164. The van der Waals surface area contributed by atoms with Gasteiger partial charge < -0.3 is 4.74 Å². The smallest absolute Gasteiger partial charge is 0.337 e. The molecule has 0 spiro atoms. The van der Waals surface area contributed by atoms with E-state index < -0.39 is 16.0 Å². The fraction of sp³-hybridized carbons (Fsp3) is 0.286. The molecule has 0 aliphatic carbocycles. The average Bonchev–Trinajstić information content (AvgIpc) is 2.98. The Morgan fingerprint density at radius 2 is 2.18 bits per heavy atom. The van der Waals surface area contributed by atoms with Crippen LogP contribution < -0.4 is 4.72 Å². The summed E-state index contributed by atoms with van der Waals surface area (Å²) in [5, 5.41) is 4.03. The second-order valence-electron chi connectivity index (χ2n) is 4.77. The van der Waals surface area contributed by atoms with Crippen LogP contribution in [0, 0.1) is 0 Å². The highest BCUT2D eigenvalue weighted by molar-refractivity contribution is 7.89. The van der Waals surface area contributed by atoms with Crippen LogP contribution in [0.2, 0.25) is 0 Å². The van der Waals surface area contributed by atoms with Crippen molar-refractivity contribution in [3.8, 4) is 0 Å². The Labute approximate surface area is 129 Å². The molecule has 22 heavy (non-hydrogen) atoms. The number of nitrogens with zero attached hydrogens (tertiary/aromatic N) is 2. The second-order valence-corrected chi connectivity index (χ2v) is 6.48. The van der Waals surface area contributed by atoms with E-state index in [4.69, 9.17) is 0 Å². The molecule has 0 bridgehead atoms. The number of sulfonamides is 1. The molecule has 2 rings (SSSR count). The lowest BCUT2D eigenvalue weighted by atomic mass is 10.2. The maximum absolute atomic E-state index is 12.3. The third-order valence-corrected chi connectivity index (χ3v) is 4.53. The average molecular weight is 323 g/mol. The standard InChI is InChI=1S/C14H17N3O4S/c1-11(10-17-8-4-7-15-17)16-22(19,20)13-6-3-5-12(9-13)14(18)21-2/h3-9,11,16H,10H2,1-2H3/t11-/m1/s1. The van der Waals surface area contributed by atoms with Crippen molar-refractivity contribution in [1.29, 1.82) is 0 Å². The molecule has 1 aromatic carbocycles. The zero-order valence-electron chi connectivity index (χ0n) is 12.3. The Morgan fingerprint density at radius 1 is 1.41 bits per heavy atom. The summed E-state index contributed by atoms with van der Waals surface area (Å²) in [7, 11) is -2.48. The zero-order chi connectivity index (χ0) is 16.2. The van der Waals surface area contributed by atoms with Gasteiger partial charge in [-0.1, -0.05) is 6.07 Å². The van der Waals surface area contributed by atoms with E-state index >= 15 is 0 Å². The molecule has 0 radical (unpaired) electrons. The largest absolute Gasteiger partial charge is 0.465 e. The first-order valence-corrected chi connectivity index (χ1v) is 8.09. The Balaban J connectivity index is 2.14. The minimum Gasteiger partial charge on any atom is -0.465 e. The summed E-state index contributed by atoms with van der Waals surface area (Å²) in [6, 6.07) is 7.12. The number of carbonyl (C=O) groups is 1. The van der Waals surface area contributed by atoms with Crippen molar-refractivity contribution in [2.24, 2.45) is 0 Å². The highest BCUT2D eigenvalue weighted by Crippen LogP contribution is 2.13. The molecule has 0 saturated heterocycles. The van der Waals surface area contributed by atoms with E-state index in [9.17, 15) is 13.2 Å². The predicted octanol–water partition coefficient (Wildman–Crippen LogP) is 1.04. The lowest BCUT2D eigenvalue weighted by molar-refractivity contribution is 0.0600. The summed E-state index contributed by atoms with van der Waals surface area (Å²) in [5.41, 5.74) is 0.185. The number of esters is 1. The fourth-order valence-electron chi connectivity index (χ4n) is 1.97. The van der Waals surface area contributed by atoms with Crippen molar-refractivity contribution in [2.45, 2.75) is 24.4 Å². The molecular weight excluding hydrogens is 306 g/mol. The highest BCUT2D eigenvalue weighted by Gasteiger charge is 2.19. The van der Waals surface area contributed by atoms with Gasteiger partial charge >= 0.3 is 5.97 Å². The Kier molecular flexibility index (Phi) is 4.94. The van der Waals surface area contributed by atoms with Crippen molar-refractivity contribution in [1.82, 2.24) is 14.5 Å². The Morgan fingerprint density at radius 3 is 2.82 bits per heavy atom. The van der Waals surface area contributed by atoms with Gasteiger partial charge in [0.15, 0.2) is 0 Å². The van der Waals surface area contributed by atoms with Crippen LogP contribution in [0.1, 0.15) is 17.3 Å². The maximum Gasteiger partial charge on any atom is 0.337 e. The monoisotopic (exact) mass is 323 g/mol. The van der Waals surface area contributed by atoms with Gasteiger partial charge in [-0.05, 0) is 31.2 Å². The summed E-state index contributed by atoms with van der Waals surface area (Å²) < 4.78 is 33.5. The van der Waals surface area contributed by atoms with E-state index in [0.717, 1.165) is 0 Å². The number of benzene rings is 1. The predicted molar refractivity (Wildman–Crippen MR) is 79.8 cm³/mol. The van der Waals surface area contributed by atoms with E-state index in [2.05, 4.69) is 14.6 Å². The number of hydrogen-bond donors (Lipinski definition) is 1. The highest BCUT2D eigenvalue weighted by atomic mass is 32.2. The van der Waals surface area contributed by atoms with Gasteiger partial charge in [0.05, 0.1) is 24.1 Å². The Bertz CT molecular complexity index is 741. The van der Waals surface area contributed by atoms with Crippen LogP contribution in [0.25, 0.3) is 0 Å². The van der Waals surface area contributed by atoms with Crippen molar-refractivity contribution in [3.63, 3.8) is 0 Å². The molecule has 1 aromatic heterocycles. The first kappa shape index (κ1) is 16.2. The summed E-state index contributed by atoms with van der Waals surface area (Å²) in [4.78, 5) is 11.5. The van der Waals surface area contributed by atoms with Crippen LogP contribution in [0.15, 0.2) is 47.6 Å². The van der Waals surface area contributed by atoms with Crippen LogP contribution in [0.4, 0.5) is 0 Å². The summed E-state index contributed by atoms with van der Waals surface area (Å²) in [6.07, 6.45) is 3.38. The maximum atomic E-state index is 12.3. The van der Waals surface area contributed by atoms with E-state index in [1.807, 2.05) is 0 Å². The number of carbonyl (C=O) groups excluding carboxylic acids is 1. The van der Waals surface area contributed by atoms with Gasteiger partial charge in [-0.3, -0.25) is 4.68 Å². The molecular formula is C14H17N3O4S. The molecule has 0 aliphatic rings. The quantitative estimate of drug-likeness (QED) is 0.802. The number of methoxy groups -OCH3 is 1. The third-order valence-electron chi connectivity index (χ3n) is 2.94. The van der Waals surface area contributed by atoms with E-state index in [0.29, 0.717) is 6.54 Å². The lowest BCUT2D eigenvalue weighted by Gasteiger charge is -2.14. The molecule has 7 nitrogen and oxygen atoms in total. The molecule has 0 saturated carbocycles. The van der Waals surface area contributed by atoms with Gasteiger partial charge in [0, 0.05) is 18.4 Å². The van der Waals surface area contributed by atoms with Gasteiger partial charge in [-0.2, -0.15) is 5.10 Å². The summed E-state index contributed by atoms with van der Waals surface area (Å²) in [6.45, 7) is 2.15. The van der Waals surface area contributed by atoms with Gasteiger partial charge in [-0.15, -0.1) is 0 Å². The minimum atomic E-state index is -3.73. The second kappa shape index (κ2) is 6.71. The lowest BCUT2D eigenvalue weighted by Crippen LogP contribution is -2.35. The van der Waals surface area contributed by atoms with Crippen LogP contribution in [0.3, 0.4) is 0 Å². The van der Waals surface area contributed by atoms with Crippen molar-refractivity contribution >= 4 is 16.0 Å². The molecule has 118 valence electrons. The van der Waals surface area contributed by atoms with E-state index in [1.165, 1.54) is 31.4 Å². The van der Waals surface area contributed by atoms with E-state index in [-0.39, 0.29) is 16.5 Å². The number of aromatic nitrogens is 2. The van der Waals surface area contributed by atoms with Gasteiger partial charge in [-0.25, -0.2) is 17.9 Å². The van der Waals surface area contributed by atoms with Crippen molar-refractivity contribution < 1.29 is 17.9 Å². The first-order chi connectivity index (χ1) is 10.4. The molecule has 2 aromatic rings. The Hall–Kier alpha value is -2.19. The number of rotatable bonds is 6. The van der Waals surface area contributed by atoms with Crippen molar-refractivity contribution in [2.75, 3.05) is 7.11 Å². The molecule has 0 fully saturated rings. The molecule has 8 heteroatoms. The number of hydrogen-bond acceptors (Lipinski definition) is 5. The summed E-state index contributed by atoms with van der Waals surface area (Å²) >= 11 is 0. The van der Waals surface area contributed by atoms with Gasteiger partial charge in [0.2, 0.25) is 10.0 Å². The van der Waals surface area contributed by atoms with E-state index in [1.54, 1.807) is 30.1 Å². The first-order valence-electron chi connectivity index (χ1n) is 6.60. The number of nitrogens with one attached hydrogen (secondary N) is 1. The third kappa shape index (κ3) is 3.92.